The molecule has 0 saturated carbocycles. The molecule has 1 atom stereocenters. The Hall–Kier alpha value is -2.82. The van der Waals surface area contributed by atoms with Gasteiger partial charge in [0.15, 0.2) is 0 Å². The zero-order valence-corrected chi connectivity index (χ0v) is 14.7. The Morgan fingerprint density at radius 1 is 1.12 bits per heavy atom. The average molecular weight is 338 g/mol. The summed E-state index contributed by atoms with van der Waals surface area (Å²) in [5.41, 5.74) is 1.71. The summed E-state index contributed by atoms with van der Waals surface area (Å²) in [6.07, 6.45) is 0. The van der Waals surface area contributed by atoms with Crippen LogP contribution < -0.4 is 10.2 Å². The van der Waals surface area contributed by atoms with Crippen LogP contribution in [0.1, 0.15) is 19.4 Å². The minimum absolute atomic E-state index is 0.204. The van der Waals surface area contributed by atoms with Crippen LogP contribution in [0.4, 0.5) is 11.4 Å². The fourth-order valence-corrected chi connectivity index (χ4v) is 3.36. The topological polar surface area (TPSA) is 58.6 Å². The fourth-order valence-electron chi connectivity index (χ4n) is 3.36. The van der Waals surface area contributed by atoms with Gasteiger partial charge in [-0.25, -0.2) is 0 Å². The Labute approximate surface area is 147 Å². The molecular formula is C20H22N2O3. The van der Waals surface area contributed by atoms with E-state index in [0.29, 0.717) is 6.54 Å². The lowest BCUT2D eigenvalue weighted by Crippen LogP contribution is -2.58. The quantitative estimate of drug-likeness (QED) is 0.870. The molecule has 2 aromatic rings. The van der Waals surface area contributed by atoms with Crippen LogP contribution in [0.5, 0.6) is 0 Å². The lowest BCUT2D eigenvalue weighted by atomic mass is 9.81. The number of fused-ring (bicyclic) bond motifs is 1. The van der Waals surface area contributed by atoms with Crippen molar-refractivity contribution in [1.29, 1.82) is 0 Å². The molecule has 2 aromatic carbocycles. The van der Waals surface area contributed by atoms with E-state index in [1.807, 2.05) is 59.5 Å². The number of hydrogen-bond acceptors (Lipinski definition) is 4. The van der Waals surface area contributed by atoms with Gasteiger partial charge in [0.05, 0.1) is 23.9 Å². The average Bonchev–Trinajstić information content (AvgIpc) is 2.61. The molecule has 0 aliphatic carbocycles. The molecule has 0 fully saturated rings. The highest BCUT2D eigenvalue weighted by molar-refractivity contribution is 6.06. The molecule has 0 aromatic heterocycles. The van der Waals surface area contributed by atoms with Crippen molar-refractivity contribution in [1.82, 2.24) is 0 Å². The fraction of sp³-hybridized carbons (Fsp3) is 0.300. The van der Waals surface area contributed by atoms with Crippen LogP contribution >= 0.6 is 0 Å². The van der Waals surface area contributed by atoms with Gasteiger partial charge in [-0.2, -0.15) is 0 Å². The first-order valence-electron chi connectivity index (χ1n) is 8.24. The maximum absolute atomic E-state index is 12.9. The summed E-state index contributed by atoms with van der Waals surface area (Å²) < 4.78 is 4.96. The number of benzene rings is 2. The van der Waals surface area contributed by atoms with E-state index in [4.69, 9.17) is 4.74 Å². The lowest BCUT2D eigenvalue weighted by Gasteiger charge is -2.44. The summed E-state index contributed by atoms with van der Waals surface area (Å²) in [5, 5.41) is 2.92. The summed E-state index contributed by atoms with van der Waals surface area (Å²) in [7, 11) is 1.35. The molecule has 0 unspecified atom stereocenters. The number of nitrogens with zero attached hydrogens (tertiary/aromatic N) is 1. The first kappa shape index (κ1) is 17.0. The van der Waals surface area contributed by atoms with Gasteiger partial charge < -0.3 is 15.0 Å². The Kier molecular flexibility index (Phi) is 4.49. The van der Waals surface area contributed by atoms with E-state index in [1.165, 1.54) is 7.11 Å². The lowest BCUT2D eigenvalue weighted by molar-refractivity contribution is -0.153. The van der Waals surface area contributed by atoms with Gasteiger partial charge in [0, 0.05) is 6.54 Å². The van der Waals surface area contributed by atoms with Crippen molar-refractivity contribution in [3.05, 3.63) is 60.2 Å². The van der Waals surface area contributed by atoms with Crippen molar-refractivity contribution in [2.45, 2.75) is 26.4 Å². The molecule has 0 spiro atoms. The molecule has 0 bridgehead atoms. The third kappa shape index (κ3) is 3.09. The number of esters is 1. The monoisotopic (exact) mass is 338 g/mol. The molecule has 5 heteroatoms. The van der Waals surface area contributed by atoms with E-state index in [1.54, 1.807) is 13.8 Å². The SMILES string of the molecule is COC(=O)C(C)(C)[C@@H]1C(=O)Nc2ccccc2N1Cc1ccccc1. The van der Waals surface area contributed by atoms with Crippen molar-refractivity contribution >= 4 is 23.3 Å². The predicted molar refractivity (Wildman–Crippen MR) is 97.3 cm³/mol. The molecular weight excluding hydrogens is 316 g/mol. The van der Waals surface area contributed by atoms with Crippen molar-refractivity contribution in [2.24, 2.45) is 5.41 Å². The van der Waals surface area contributed by atoms with Gasteiger partial charge in [-0.05, 0) is 31.5 Å². The number of methoxy groups -OCH3 is 1. The predicted octanol–water partition coefficient (Wildman–Crippen LogP) is 3.21. The van der Waals surface area contributed by atoms with Crippen LogP contribution in [0.15, 0.2) is 54.6 Å². The number of hydrogen-bond donors (Lipinski definition) is 1. The summed E-state index contributed by atoms with van der Waals surface area (Å²) in [4.78, 5) is 27.2. The standard InChI is InChI=1S/C20H22N2O3/c1-20(2,19(24)25-3)17-18(23)21-15-11-7-8-12-16(15)22(17)13-14-9-5-4-6-10-14/h4-12,17H,13H2,1-3H3,(H,21,23)/t17-/m0/s1. The number of anilines is 2. The molecule has 25 heavy (non-hydrogen) atoms. The molecule has 1 aliphatic heterocycles. The summed E-state index contributed by atoms with van der Waals surface area (Å²) in [6, 6.07) is 16.9. The molecule has 1 amide bonds. The largest absolute Gasteiger partial charge is 0.469 e. The third-order valence-corrected chi connectivity index (χ3v) is 4.62. The van der Waals surface area contributed by atoms with E-state index in [2.05, 4.69) is 5.32 Å². The molecule has 1 aliphatic rings. The normalized spacial score (nSPS) is 16.8. The van der Waals surface area contributed by atoms with E-state index in [0.717, 1.165) is 16.9 Å². The van der Waals surface area contributed by atoms with Crippen LogP contribution in [-0.4, -0.2) is 25.0 Å². The van der Waals surface area contributed by atoms with Crippen LogP contribution in [-0.2, 0) is 20.9 Å². The van der Waals surface area contributed by atoms with Crippen LogP contribution in [0.25, 0.3) is 0 Å². The number of rotatable bonds is 4. The Balaban J connectivity index is 2.08. The number of amides is 1. The number of para-hydroxylation sites is 2. The van der Waals surface area contributed by atoms with Crippen LogP contribution in [0, 0.1) is 5.41 Å². The van der Waals surface area contributed by atoms with E-state index in [9.17, 15) is 9.59 Å². The van der Waals surface area contributed by atoms with Gasteiger partial charge in [-0.3, -0.25) is 9.59 Å². The number of carbonyl (C=O) groups excluding carboxylic acids is 2. The maximum Gasteiger partial charge on any atom is 0.313 e. The second-order valence-corrected chi connectivity index (χ2v) is 6.74. The number of nitrogens with one attached hydrogen (secondary N) is 1. The van der Waals surface area contributed by atoms with Crippen molar-refractivity contribution in [3.63, 3.8) is 0 Å². The van der Waals surface area contributed by atoms with E-state index >= 15 is 0 Å². The highest BCUT2D eigenvalue weighted by atomic mass is 16.5. The second kappa shape index (κ2) is 6.59. The molecule has 130 valence electrons. The third-order valence-electron chi connectivity index (χ3n) is 4.62. The first-order chi connectivity index (χ1) is 11.9. The molecule has 1 heterocycles. The molecule has 3 rings (SSSR count). The van der Waals surface area contributed by atoms with Gasteiger partial charge >= 0.3 is 5.97 Å². The molecule has 0 radical (unpaired) electrons. The Morgan fingerprint density at radius 3 is 2.44 bits per heavy atom. The summed E-state index contributed by atoms with van der Waals surface area (Å²) in [5.74, 6) is -0.616. The van der Waals surface area contributed by atoms with Gasteiger partial charge in [-0.1, -0.05) is 42.5 Å². The van der Waals surface area contributed by atoms with E-state index in [-0.39, 0.29) is 5.91 Å². The van der Waals surface area contributed by atoms with Gasteiger partial charge in [0.2, 0.25) is 5.91 Å². The summed E-state index contributed by atoms with van der Waals surface area (Å²) >= 11 is 0. The number of ether oxygens (including phenoxy) is 1. The Bertz CT molecular complexity index is 787. The highest BCUT2D eigenvalue weighted by Gasteiger charge is 2.48. The molecule has 5 nitrogen and oxygen atoms in total. The first-order valence-corrected chi connectivity index (χ1v) is 8.24. The maximum atomic E-state index is 12.9. The highest BCUT2D eigenvalue weighted by Crippen LogP contribution is 2.39. The minimum atomic E-state index is -0.999. The Morgan fingerprint density at radius 2 is 1.76 bits per heavy atom. The van der Waals surface area contributed by atoms with Gasteiger partial charge in [0.1, 0.15) is 6.04 Å². The summed E-state index contributed by atoms with van der Waals surface area (Å²) in [6.45, 7) is 4.01. The zero-order valence-electron chi connectivity index (χ0n) is 14.7. The van der Waals surface area contributed by atoms with Crippen LogP contribution in [0.2, 0.25) is 0 Å². The zero-order chi connectivity index (χ0) is 18.0. The van der Waals surface area contributed by atoms with Crippen molar-refractivity contribution in [3.8, 4) is 0 Å². The van der Waals surface area contributed by atoms with Crippen LogP contribution in [0.3, 0.4) is 0 Å². The smallest absolute Gasteiger partial charge is 0.313 e. The molecule has 0 saturated heterocycles. The second-order valence-electron chi connectivity index (χ2n) is 6.74. The minimum Gasteiger partial charge on any atom is -0.469 e. The van der Waals surface area contributed by atoms with Gasteiger partial charge in [0.25, 0.3) is 0 Å². The van der Waals surface area contributed by atoms with Gasteiger partial charge in [-0.15, -0.1) is 0 Å². The molecule has 1 N–H and O–H groups in total. The number of carbonyl (C=O) groups is 2. The van der Waals surface area contributed by atoms with E-state index < -0.39 is 17.4 Å². The van der Waals surface area contributed by atoms with Crippen molar-refractivity contribution in [2.75, 3.05) is 17.3 Å². The van der Waals surface area contributed by atoms with Crippen molar-refractivity contribution < 1.29 is 14.3 Å².